The zero-order valence-corrected chi connectivity index (χ0v) is 23.0. The summed E-state index contributed by atoms with van der Waals surface area (Å²) in [7, 11) is 0. The van der Waals surface area contributed by atoms with E-state index in [1.807, 2.05) is 20.8 Å². The van der Waals surface area contributed by atoms with Crippen molar-refractivity contribution in [2.75, 3.05) is 31.2 Å². The van der Waals surface area contributed by atoms with Crippen LogP contribution in [0, 0.1) is 17.6 Å². The molecule has 4 rings (SSSR count). The van der Waals surface area contributed by atoms with Gasteiger partial charge in [0.25, 0.3) is 0 Å². The average Bonchev–Trinajstić information content (AvgIpc) is 3.43. The van der Waals surface area contributed by atoms with Crippen LogP contribution in [0.3, 0.4) is 0 Å². The van der Waals surface area contributed by atoms with E-state index in [1.54, 1.807) is 12.1 Å². The molecule has 1 aromatic carbocycles. The molecule has 0 saturated carbocycles. The van der Waals surface area contributed by atoms with Gasteiger partial charge in [-0.25, -0.2) is 24.2 Å². The molecule has 2 fully saturated rings. The number of pyridine rings is 1. The van der Waals surface area contributed by atoms with Gasteiger partial charge in [-0.1, -0.05) is 13.0 Å². The van der Waals surface area contributed by atoms with Crippen molar-refractivity contribution in [3.05, 3.63) is 60.7 Å². The summed E-state index contributed by atoms with van der Waals surface area (Å²) >= 11 is 0. The predicted octanol–water partition coefficient (Wildman–Crippen LogP) is 3.50. The summed E-state index contributed by atoms with van der Waals surface area (Å²) in [6, 6.07) is 5.41. The van der Waals surface area contributed by atoms with Crippen molar-refractivity contribution in [1.82, 2.24) is 15.3 Å². The molecular formula is C27H36F2N6O5. The van der Waals surface area contributed by atoms with E-state index < -0.39 is 29.4 Å². The van der Waals surface area contributed by atoms with Gasteiger partial charge in [0.1, 0.15) is 23.3 Å². The molecule has 2 amide bonds. The van der Waals surface area contributed by atoms with Crippen LogP contribution in [0.1, 0.15) is 27.7 Å². The van der Waals surface area contributed by atoms with Gasteiger partial charge in [0.05, 0.1) is 43.6 Å². The largest absolute Gasteiger partial charge is 0.444 e. The van der Waals surface area contributed by atoms with Crippen molar-refractivity contribution in [2.24, 2.45) is 17.5 Å². The number of anilines is 1. The van der Waals surface area contributed by atoms with Crippen molar-refractivity contribution in [1.29, 1.82) is 0 Å². The Labute approximate surface area is 232 Å². The van der Waals surface area contributed by atoms with Crippen molar-refractivity contribution < 1.29 is 32.6 Å². The van der Waals surface area contributed by atoms with Crippen LogP contribution in [0.5, 0.6) is 0 Å². The number of rotatable bonds is 6. The van der Waals surface area contributed by atoms with Gasteiger partial charge in [0.15, 0.2) is 0 Å². The highest BCUT2D eigenvalue weighted by Gasteiger charge is 2.34. The molecule has 1 aromatic heterocycles. The Kier molecular flexibility index (Phi) is 10.2. The molecule has 218 valence electrons. The maximum atomic E-state index is 14.5. The number of benzene rings is 1. The summed E-state index contributed by atoms with van der Waals surface area (Å²) in [4.78, 5) is 28.4. The number of nitrogens with two attached hydrogens (primary N) is 2. The molecule has 11 nitrogen and oxygen atoms in total. The minimum atomic E-state index is -0.796. The highest BCUT2D eigenvalue weighted by Crippen LogP contribution is 2.31. The predicted molar refractivity (Wildman–Crippen MR) is 145 cm³/mol. The first-order chi connectivity index (χ1) is 18.9. The fraction of sp³-hybridized carbons (Fsp3) is 0.444. The van der Waals surface area contributed by atoms with Gasteiger partial charge in [-0.2, -0.15) is 0 Å². The number of amides is 2. The molecule has 3 heterocycles. The Morgan fingerprint density at radius 2 is 2.00 bits per heavy atom. The minimum Gasteiger partial charge on any atom is -0.444 e. The highest BCUT2D eigenvalue weighted by molar-refractivity contribution is 5.90. The summed E-state index contributed by atoms with van der Waals surface area (Å²) < 4.78 is 44.5. The van der Waals surface area contributed by atoms with Crippen molar-refractivity contribution >= 4 is 17.9 Å². The van der Waals surface area contributed by atoms with E-state index in [2.05, 4.69) is 17.2 Å². The maximum Gasteiger partial charge on any atom is 0.414 e. The molecule has 2 aliphatic heterocycles. The number of nitrogens with zero attached hydrogens (tertiary/aromatic N) is 3. The van der Waals surface area contributed by atoms with Crippen LogP contribution in [-0.2, 0) is 14.2 Å². The van der Waals surface area contributed by atoms with Crippen LogP contribution in [0.15, 0.2) is 49.1 Å². The molecule has 0 radical (unpaired) electrons. The van der Waals surface area contributed by atoms with Crippen LogP contribution < -0.4 is 21.8 Å². The fourth-order valence-corrected chi connectivity index (χ4v) is 4.04. The fourth-order valence-electron chi connectivity index (χ4n) is 4.04. The standard InChI is InChI=1S/C17H17F2N5O2.C10H19NO3/c18-14-6-12(7-15(19)16(14)11-2-1-4-22-8-11)24-10-13(26-17(24)25)9-23(21)5-3-20;1-7-5-13-6-8(7)11-9(12)14-10(2,3)4/h1-8,13H,9-10,20-21H2;7-8H,5-6H2,1-4H3,(H,11,12)/b5-3-;/t;7-,8?/m.1/s1. The van der Waals surface area contributed by atoms with Gasteiger partial charge in [-0.3, -0.25) is 9.88 Å². The number of hydrogen-bond acceptors (Lipinski definition) is 9. The number of hydrogen-bond donors (Lipinski definition) is 3. The zero-order valence-electron chi connectivity index (χ0n) is 23.0. The molecule has 5 N–H and O–H groups in total. The second-order valence-corrected chi connectivity index (χ2v) is 10.4. The second kappa shape index (κ2) is 13.4. The number of cyclic esters (lactones) is 1. The van der Waals surface area contributed by atoms with Gasteiger partial charge in [-0.15, -0.1) is 0 Å². The number of hydrazine groups is 1. The van der Waals surface area contributed by atoms with Crippen LogP contribution in [-0.4, -0.2) is 66.2 Å². The molecule has 0 aliphatic carbocycles. The Hall–Kier alpha value is -3.97. The van der Waals surface area contributed by atoms with E-state index in [9.17, 15) is 18.4 Å². The third kappa shape index (κ3) is 8.52. The molecule has 2 aliphatic rings. The van der Waals surface area contributed by atoms with Gasteiger partial charge in [-0.05, 0) is 39.0 Å². The summed E-state index contributed by atoms with van der Waals surface area (Å²) in [6.45, 7) is 9.18. The van der Waals surface area contributed by atoms with E-state index in [1.165, 1.54) is 29.8 Å². The number of halogens is 2. The lowest BCUT2D eigenvalue weighted by atomic mass is 10.1. The van der Waals surface area contributed by atoms with Crippen LogP contribution in [0.4, 0.5) is 24.1 Å². The molecule has 3 atom stereocenters. The number of carbonyl (C=O) groups is 2. The molecular weight excluding hydrogens is 526 g/mol. The van der Waals surface area contributed by atoms with Crippen LogP contribution in [0.25, 0.3) is 11.1 Å². The SMILES string of the molecule is C[C@@H]1COCC1NC(=O)OC(C)(C)C.N/C=C\N(N)CC1CN(c2cc(F)c(-c3cccnc3)c(F)c2)C(=O)O1. The lowest BCUT2D eigenvalue weighted by Crippen LogP contribution is -2.42. The summed E-state index contributed by atoms with van der Waals surface area (Å²) in [5.41, 5.74) is 4.97. The number of nitrogens with one attached hydrogen (secondary N) is 1. The Balaban J connectivity index is 0.000000267. The molecule has 2 unspecified atom stereocenters. The van der Waals surface area contributed by atoms with Gasteiger partial charge in [0, 0.05) is 36.3 Å². The Morgan fingerprint density at radius 3 is 2.55 bits per heavy atom. The van der Waals surface area contributed by atoms with E-state index >= 15 is 0 Å². The Morgan fingerprint density at radius 1 is 1.30 bits per heavy atom. The molecule has 0 bridgehead atoms. The second-order valence-electron chi connectivity index (χ2n) is 10.4. The monoisotopic (exact) mass is 562 g/mol. The van der Waals surface area contributed by atoms with E-state index in [0.717, 1.165) is 17.0 Å². The quantitative estimate of drug-likeness (QED) is 0.356. The number of aromatic nitrogens is 1. The molecule has 13 heteroatoms. The smallest absolute Gasteiger partial charge is 0.414 e. The van der Waals surface area contributed by atoms with Gasteiger partial charge < -0.3 is 30.3 Å². The van der Waals surface area contributed by atoms with E-state index in [-0.39, 0.29) is 36.5 Å². The Bertz CT molecular complexity index is 1170. The lowest BCUT2D eigenvalue weighted by molar-refractivity contribution is 0.0492. The lowest BCUT2D eigenvalue weighted by Gasteiger charge is -2.22. The van der Waals surface area contributed by atoms with Crippen molar-refractivity contribution in [3.8, 4) is 11.1 Å². The van der Waals surface area contributed by atoms with Crippen LogP contribution >= 0.6 is 0 Å². The minimum absolute atomic E-state index is 0.0677. The van der Waals surface area contributed by atoms with Gasteiger partial charge >= 0.3 is 12.2 Å². The highest BCUT2D eigenvalue weighted by atomic mass is 19.1. The number of ether oxygens (including phenoxy) is 3. The number of carbonyl (C=O) groups excluding carboxylic acids is 2. The van der Waals surface area contributed by atoms with Gasteiger partial charge in [0.2, 0.25) is 0 Å². The van der Waals surface area contributed by atoms with Crippen LogP contribution in [0.2, 0.25) is 0 Å². The first-order valence-corrected chi connectivity index (χ1v) is 12.7. The summed E-state index contributed by atoms with van der Waals surface area (Å²) in [5, 5.41) is 4.06. The third-order valence-electron chi connectivity index (χ3n) is 5.92. The number of alkyl carbamates (subject to hydrolysis) is 1. The van der Waals surface area contributed by atoms with Crippen molar-refractivity contribution in [3.63, 3.8) is 0 Å². The maximum absolute atomic E-state index is 14.5. The van der Waals surface area contributed by atoms with E-state index in [4.69, 9.17) is 25.8 Å². The zero-order chi connectivity index (χ0) is 29.4. The summed E-state index contributed by atoms with van der Waals surface area (Å²) in [6.07, 6.45) is 3.91. The molecule has 2 saturated heterocycles. The normalized spacial score (nSPS) is 20.6. The topological polar surface area (TPSA) is 145 Å². The summed E-state index contributed by atoms with van der Waals surface area (Å²) in [5.74, 6) is 4.43. The molecule has 40 heavy (non-hydrogen) atoms. The molecule has 2 aromatic rings. The third-order valence-corrected chi connectivity index (χ3v) is 5.92. The van der Waals surface area contributed by atoms with E-state index in [0.29, 0.717) is 24.7 Å². The average molecular weight is 563 g/mol. The van der Waals surface area contributed by atoms with Crippen molar-refractivity contribution in [2.45, 2.75) is 45.4 Å². The first kappa shape index (κ1) is 30.6. The molecule has 0 spiro atoms. The first-order valence-electron chi connectivity index (χ1n) is 12.7.